The van der Waals surface area contributed by atoms with Gasteiger partial charge in [-0.3, -0.25) is 0 Å². The van der Waals surface area contributed by atoms with Crippen LogP contribution in [0.25, 0.3) is 0 Å². The van der Waals surface area contributed by atoms with Gasteiger partial charge in [-0.05, 0) is 35.9 Å². The van der Waals surface area contributed by atoms with Crippen molar-refractivity contribution in [1.29, 1.82) is 0 Å². The molecule has 1 unspecified atom stereocenters. The largest absolute Gasteiger partial charge is 0.387 e. The lowest BCUT2D eigenvalue weighted by molar-refractivity contribution is 0.169. The Hall–Kier alpha value is -1.92. The van der Waals surface area contributed by atoms with E-state index in [0.717, 1.165) is 30.3 Å². The van der Waals surface area contributed by atoms with Gasteiger partial charge in [0.05, 0.1) is 6.10 Å². The Balaban J connectivity index is 1.93. The van der Waals surface area contributed by atoms with Gasteiger partial charge in [0, 0.05) is 18.7 Å². The van der Waals surface area contributed by atoms with Crippen molar-refractivity contribution in [1.82, 2.24) is 5.32 Å². The van der Waals surface area contributed by atoms with E-state index in [1.54, 1.807) is 0 Å². The van der Waals surface area contributed by atoms with E-state index in [1.165, 1.54) is 6.07 Å². The van der Waals surface area contributed by atoms with E-state index in [-0.39, 0.29) is 18.7 Å². The second-order valence-electron chi connectivity index (χ2n) is 4.56. The fourth-order valence-electron chi connectivity index (χ4n) is 1.88. The molecular weight excluding hydrogens is 286 g/mol. The third-order valence-corrected chi connectivity index (χ3v) is 2.97. The van der Waals surface area contributed by atoms with Crippen LogP contribution in [0.4, 0.5) is 17.6 Å². The monoisotopic (exact) mass is 299 g/mol. The highest BCUT2D eigenvalue weighted by molar-refractivity contribution is 5.21. The smallest absolute Gasteiger partial charge is 0.159 e. The molecule has 6 heteroatoms. The van der Waals surface area contributed by atoms with Gasteiger partial charge in [0.1, 0.15) is 11.6 Å². The molecular formula is C15H13F4NO. The normalized spacial score (nSPS) is 12.4. The average molecular weight is 299 g/mol. The maximum Gasteiger partial charge on any atom is 0.159 e. The number of aliphatic hydroxyl groups excluding tert-OH is 1. The lowest BCUT2D eigenvalue weighted by Crippen LogP contribution is -2.22. The quantitative estimate of drug-likeness (QED) is 0.832. The molecule has 112 valence electrons. The first-order valence-electron chi connectivity index (χ1n) is 6.25. The van der Waals surface area contributed by atoms with E-state index in [9.17, 15) is 22.7 Å². The number of rotatable bonds is 5. The first-order chi connectivity index (χ1) is 9.97. The van der Waals surface area contributed by atoms with Crippen LogP contribution in [0.15, 0.2) is 36.4 Å². The molecule has 0 aliphatic carbocycles. The second kappa shape index (κ2) is 6.69. The van der Waals surface area contributed by atoms with E-state index < -0.39 is 29.4 Å². The Labute approximate surface area is 119 Å². The van der Waals surface area contributed by atoms with E-state index in [4.69, 9.17) is 0 Å². The van der Waals surface area contributed by atoms with Crippen LogP contribution in [0.1, 0.15) is 17.2 Å². The maximum absolute atomic E-state index is 13.4. The van der Waals surface area contributed by atoms with Crippen LogP contribution in [0.5, 0.6) is 0 Å². The summed E-state index contributed by atoms with van der Waals surface area (Å²) in [6, 6.07) is 6.22. The second-order valence-corrected chi connectivity index (χ2v) is 4.56. The predicted octanol–water partition coefficient (Wildman–Crippen LogP) is 3.07. The van der Waals surface area contributed by atoms with Gasteiger partial charge in [-0.2, -0.15) is 0 Å². The highest BCUT2D eigenvalue weighted by atomic mass is 19.2. The van der Waals surface area contributed by atoms with Gasteiger partial charge in [-0.15, -0.1) is 0 Å². The highest BCUT2D eigenvalue weighted by Crippen LogP contribution is 2.18. The molecule has 2 nitrogen and oxygen atoms in total. The predicted molar refractivity (Wildman–Crippen MR) is 69.4 cm³/mol. The van der Waals surface area contributed by atoms with Crippen LogP contribution in [0, 0.1) is 23.3 Å². The van der Waals surface area contributed by atoms with Crippen LogP contribution in [-0.4, -0.2) is 11.7 Å². The zero-order valence-corrected chi connectivity index (χ0v) is 10.9. The first kappa shape index (κ1) is 15.5. The minimum absolute atomic E-state index is 0.0562. The summed E-state index contributed by atoms with van der Waals surface area (Å²) in [7, 11) is 0. The number of halogens is 4. The number of hydrogen-bond acceptors (Lipinski definition) is 2. The van der Waals surface area contributed by atoms with Crippen LogP contribution in [-0.2, 0) is 6.54 Å². The SMILES string of the molecule is OC(CNCc1ccc(F)c(F)c1)c1cc(F)ccc1F. The molecule has 0 saturated carbocycles. The molecule has 2 aromatic carbocycles. The summed E-state index contributed by atoms with van der Waals surface area (Å²) in [6.07, 6.45) is -1.24. The van der Waals surface area contributed by atoms with Crippen molar-refractivity contribution < 1.29 is 22.7 Å². The van der Waals surface area contributed by atoms with E-state index >= 15 is 0 Å². The van der Waals surface area contributed by atoms with Crippen molar-refractivity contribution in [2.24, 2.45) is 0 Å². The van der Waals surface area contributed by atoms with Crippen molar-refractivity contribution in [2.75, 3.05) is 6.54 Å². The molecule has 0 bridgehead atoms. The van der Waals surface area contributed by atoms with Crippen LogP contribution in [0.3, 0.4) is 0 Å². The van der Waals surface area contributed by atoms with Gasteiger partial charge in [0.2, 0.25) is 0 Å². The van der Waals surface area contributed by atoms with Gasteiger partial charge < -0.3 is 10.4 Å². The number of nitrogens with one attached hydrogen (secondary N) is 1. The summed E-state index contributed by atoms with van der Waals surface area (Å²) < 4.78 is 52.1. The summed E-state index contributed by atoms with van der Waals surface area (Å²) in [4.78, 5) is 0. The van der Waals surface area contributed by atoms with Crippen LogP contribution >= 0.6 is 0 Å². The summed E-state index contributed by atoms with van der Waals surface area (Å²) in [6.45, 7) is 0.102. The third-order valence-electron chi connectivity index (χ3n) is 2.97. The molecule has 2 aromatic rings. The summed E-state index contributed by atoms with van der Waals surface area (Å²) in [5.74, 6) is -3.27. The molecule has 0 aliphatic heterocycles. The number of hydrogen-bond donors (Lipinski definition) is 2. The van der Waals surface area contributed by atoms with Crippen LogP contribution < -0.4 is 5.32 Å². The molecule has 0 amide bonds. The first-order valence-corrected chi connectivity index (χ1v) is 6.25. The van der Waals surface area contributed by atoms with Gasteiger partial charge in [-0.25, -0.2) is 17.6 Å². The van der Waals surface area contributed by atoms with E-state index in [1.807, 2.05) is 0 Å². The number of aliphatic hydroxyl groups is 1. The Morgan fingerprint density at radius 2 is 1.62 bits per heavy atom. The molecule has 2 N–H and O–H groups in total. The van der Waals surface area contributed by atoms with E-state index in [2.05, 4.69) is 5.32 Å². The molecule has 21 heavy (non-hydrogen) atoms. The fraction of sp³-hybridized carbons (Fsp3) is 0.200. The summed E-state index contributed by atoms with van der Waals surface area (Å²) in [5, 5.41) is 12.6. The fourth-order valence-corrected chi connectivity index (χ4v) is 1.88. The van der Waals surface area contributed by atoms with E-state index in [0.29, 0.717) is 5.56 Å². The molecule has 2 rings (SSSR count). The molecule has 1 atom stereocenters. The van der Waals surface area contributed by atoms with Crippen molar-refractivity contribution in [3.05, 3.63) is 70.8 Å². The lowest BCUT2D eigenvalue weighted by atomic mass is 10.1. The van der Waals surface area contributed by atoms with Crippen molar-refractivity contribution in [2.45, 2.75) is 12.6 Å². The maximum atomic E-state index is 13.4. The highest BCUT2D eigenvalue weighted by Gasteiger charge is 2.13. The molecule has 0 fully saturated rings. The topological polar surface area (TPSA) is 32.3 Å². The molecule has 0 aromatic heterocycles. The molecule has 0 heterocycles. The molecule has 0 aliphatic rings. The molecule has 0 saturated heterocycles. The Morgan fingerprint density at radius 1 is 0.905 bits per heavy atom. The lowest BCUT2D eigenvalue weighted by Gasteiger charge is -2.13. The Kier molecular flexibility index (Phi) is 4.93. The third kappa shape index (κ3) is 4.03. The van der Waals surface area contributed by atoms with Gasteiger partial charge in [0.15, 0.2) is 11.6 Å². The standard InChI is InChI=1S/C15H13F4NO/c16-10-2-4-12(17)11(6-10)15(21)8-20-7-9-1-3-13(18)14(19)5-9/h1-6,15,20-21H,7-8H2. The van der Waals surface area contributed by atoms with Gasteiger partial charge >= 0.3 is 0 Å². The average Bonchev–Trinajstić information content (AvgIpc) is 2.45. The zero-order valence-electron chi connectivity index (χ0n) is 10.9. The summed E-state index contributed by atoms with van der Waals surface area (Å²) >= 11 is 0. The Bertz CT molecular complexity index is 633. The molecule has 0 radical (unpaired) electrons. The minimum Gasteiger partial charge on any atom is -0.387 e. The zero-order chi connectivity index (χ0) is 15.4. The summed E-state index contributed by atoms with van der Waals surface area (Å²) in [5.41, 5.74) is 0.314. The van der Waals surface area contributed by atoms with Crippen LogP contribution in [0.2, 0.25) is 0 Å². The minimum atomic E-state index is -1.24. The van der Waals surface area contributed by atoms with Crippen molar-refractivity contribution in [3.63, 3.8) is 0 Å². The van der Waals surface area contributed by atoms with Crippen molar-refractivity contribution in [3.8, 4) is 0 Å². The van der Waals surface area contributed by atoms with Gasteiger partial charge in [-0.1, -0.05) is 6.07 Å². The number of benzene rings is 2. The van der Waals surface area contributed by atoms with Crippen molar-refractivity contribution >= 4 is 0 Å². The Morgan fingerprint density at radius 3 is 2.33 bits per heavy atom. The molecule has 0 spiro atoms. The van der Waals surface area contributed by atoms with Gasteiger partial charge in [0.25, 0.3) is 0 Å².